The number of nitrogens with zero attached hydrogens (tertiary/aromatic N) is 2. The first-order valence-corrected chi connectivity index (χ1v) is 12.0. The Bertz CT molecular complexity index is 977. The van der Waals surface area contributed by atoms with E-state index in [9.17, 15) is 29.1 Å². The van der Waals surface area contributed by atoms with Crippen molar-refractivity contribution in [1.82, 2.24) is 25.9 Å². The van der Waals surface area contributed by atoms with Crippen LogP contribution < -0.4 is 38.9 Å². The average Bonchev–Trinajstić information content (AvgIpc) is 3.34. The molecule has 13 N–H and O–H groups in total. The highest BCUT2D eigenvalue weighted by Crippen LogP contribution is 2.07. The molecule has 1 heterocycles. The van der Waals surface area contributed by atoms with Gasteiger partial charge >= 0.3 is 5.97 Å². The minimum atomic E-state index is -1.27. The normalized spacial score (nSPS) is 14.0. The molecule has 0 radical (unpaired) electrons. The van der Waals surface area contributed by atoms with Crippen LogP contribution in [0.3, 0.4) is 0 Å². The fourth-order valence-corrected chi connectivity index (χ4v) is 3.34. The molecule has 0 fully saturated rings. The summed E-state index contributed by atoms with van der Waals surface area (Å²) < 4.78 is 0. The van der Waals surface area contributed by atoms with E-state index < -0.39 is 59.7 Å². The Morgan fingerprint density at radius 1 is 1.00 bits per heavy atom. The molecule has 0 aliphatic carbocycles. The van der Waals surface area contributed by atoms with Crippen molar-refractivity contribution in [2.24, 2.45) is 33.8 Å². The van der Waals surface area contributed by atoms with Gasteiger partial charge in [0.05, 0.1) is 12.4 Å². The van der Waals surface area contributed by atoms with E-state index in [0.29, 0.717) is 5.69 Å². The van der Waals surface area contributed by atoms with E-state index >= 15 is 0 Å². The largest absolute Gasteiger partial charge is 0.480 e. The number of aromatic nitrogens is 2. The van der Waals surface area contributed by atoms with E-state index in [1.165, 1.54) is 12.5 Å². The minimum absolute atomic E-state index is 0.00177. The third-order valence-corrected chi connectivity index (χ3v) is 5.46. The number of carboxylic acids is 1. The molecule has 1 aromatic heterocycles. The van der Waals surface area contributed by atoms with Gasteiger partial charge in [-0.05, 0) is 25.2 Å². The first kappa shape index (κ1) is 31.8. The number of hydrogen-bond acceptors (Lipinski definition) is 8. The van der Waals surface area contributed by atoms with Crippen molar-refractivity contribution in [2.45, 2.75) is 70.1 Å². The second kappa shape index (κ2) is 15.8. The third-order valence-electron chi connectivity index (χ3n) is 5.46. The van der Waals surface area contributed by atoms with Crippen LogP contribution in [-0.2, 0) is 30.4 Å². The lowest BCUT2D eigenvalue weighted by atomic mass is 10.0. The summed E-state index contributed by atoms with van der Waals surface area (Å²) in [5.74, 6) is -4.53. The molecule has 1 rings (SSSR count). The van der Waals surface area contributed by atoms with Crippen molar-refractivity contribution in [2.75, 3.05) is 6.54 Å². The summed E-state index contributed by atoms with van der Waals surface area (Å²) in [6.07, 6.45) is 3.03. The topological polar surface area (TPSA) is 287 Å². The standard InChI is InChI=1S/C22H38N10O6/c1-11(2)17(32-18(34)13(23)5-6-16(24)33)20(36)31-15(8-12-9-27-10-29-12)19(35)30-14(21(37)38)4-3-7-28-22(25)26/h9-11,13-15,17H,3-8,23H2,1-2H3,(H2,24,33)(H,27,29)(H,30,35)(H,31,36)(H,32,34)(H,37,38)(H4,25,26,28). The number of primary amides is 1. The number of rotatable bonds is 17. The minimum Gasteiger partial charge on any atom is -0.480 e. The highest BCUT2D eigenvalue weighted by atomic mass is 16.4. The molecule has 0 aliphatic rings. The lowest BCUT2D eigenvalue weighted by molar-refractivity contribution is -0.142. The van der Waals surface area contributed by atoms with Gasteiger partial charge in [-0.15, -0.1) is 0 Å². The summed E-state index contributed by atoms with van der Waals surface area (Å²) in [6, 6.07) is -4.61. The molecule has 16 nitrogen and oxygen atoms in total. The molecule has 1 aromatic rings. The summed E-state index contributed by atoms with van der Waals surface area (Å²) >= 11 is 0. The van der Waals surface area contributed by atoms with Crippen LogP contribution in [0.2, 0.25) is 0 Å². The monoisotopic (exact) mass is 538 g/mol. The van der Waals surface area contributed by atoms with Crippen LogP contribution >= 0.6 is 0 Å². The molecule has 4 unspecified atom stereocenters. The van der Waals surface area contributed by atoms with E-state index in [-0.39, 0.29) is 44.6 Å². The number of H-pyrrole nitrogens is 1. The van der Waals surface area contributed by atoms with E-state index in [0.717, 1.165) is 0 Å². The van der Waals surface area contributed by atoms with Gasteiger partial charge in [-0.2, -0.15) is 0 Å². The first-order chi connectivity index (χ1) is 17.8. The van der Waals surface area contributed by atoms with Gasteiger partial charge in [0, 0.05) is 31.3 Å². The molecule has 4 amide bonds. The molecule has 0 aromatic carbocycles. The number of guanidine groups is 1. The Labute approximate surface area is 219 Å². The molecule has 0 aliphatic heterocycles. The molecule has 212 valence electrons. The zero-order valence-electron chi connectivity index (χ0n) is 21.5. The molecule has 0 saturated carbocycles. The molecular formula is C22H38N10O6. The summed E-state index contributed by atoms with van der Waals surface area (Å²) in [6.45, 7) is 3.54. The van der Waals surface area contributed by atoms with E-state index in [1.807, 2.05) is 0 Å². The molecule has 38 heavy (non-hydrogen) atoms. The van der Waals surface area contributed by atoms with Crippen molar-refractivity contribution < 1.29 is 29.1 Å². The Morgan fingerprint density at radius 3 is 2.18 bits per heavy atom. The number of amides is 4. The molecule has 0 saturated heterocycles. The van der Waals surface area contributed by atoms with Crippen LogP contribution in [0.4, 0.5) is 0 Å². The molecular weight excluding hydrogens is 500 g/mol. The Morgan fingerprint density at radius 2 is 1.66 bits per heavy atom. The summed E-state index contributed by atoms with van der Waals surface area (Å²) in [5, 5.41) is 17.1. The van der Waals surface area contributed by atoms with Crippen molar-refractivity contribution in [3.8, 4) is 0 Å². The van der Waals surface area contributed by atoms with Gasteiger partial charge in [-0.3, -0.25) is 24.2 Å². The first-order valence-electron chi connectivity index (χ1n) is 12.0. The summed E-state index contributed by atoms with van der Waals surface area (Å²) in [4.78, 5) is 71.9. The number of carbonyl (C=O) groups excluding carboxylic acids is 4. The second-order valence-corrected chi connectivity index (χ2v) is 9.03. The zero-order valence-corrected chi connectivity index (χ0v) is 21.5. The van der Waals surface area contributed by atoms with Gasteiger partial charge in [0.15, 0.2) is 5.96 Å². The maximum absolute atomic E-state index is 13.1. The van der Waals surface area contributed by atoms with Crippen molar-refractivity contribution in [1.29, 1.82) is 0 Å². The Balaban J connectivity index is 2.98. The van der Waals surface area contributed by atoms with Crippen LogP contribution in [0, 0.1) is 5.92 Å². The maximum Gasteiger partial charge on any atom is 0.326 e. The predicted octanol–water partition coefficient (Wildman–Crippen LogP) is -3.21. The number of carbonyl (C=O) groups is 5. The lowest BCUT2D eigenvalue weighted by Gasteiger charge is -2.27. The van der Waals surface area contributed by atoms with Crippen molar-refractivity contribution in [3.05, 3.63) is 18.2 Å². The van der Waals surface area contributed by atoms with Gasteiger partial charge in [-0.1, -0.05) is 13.8 Å². The van der Waals surface area contributed by atoms with Gasteiger partial charge in [-0.25, -0.2) is 9.78 Å². The third kappa shape index (κ3) is 11.7. The number of aliphatic carboxylic acids is 1. The quantitative estimate of drug-likeness (QED) is 0.0543. The number of carboxylic acid groups (broad SMARTS) is 1. The molecule has 0 bridgehead atoms. The molecule has 0 spiro atoms. The van der Waals surface area contributed by atoms with E-state index in [2.05, 4.69) is 30.9 Å². The lowest BCUT2D eigenvalue weighted by Crippen LogP contribution is -2.59. The number of nitrogens with one attached hydrogen (secondary N) is 4. The number of hydrogen-bond donors (Lipinski definition) is 9. The summed E-state index contributed by atoms with van der Waals surface area (Å²) in [5.41, 5.74) is 21.9. The SMILES string of the molecule is CC(C)C(NC(=O)C(N)CCC(N)=O)C(=O)NC(Cc1cnc[nH]1)C(=O)NC(CCCN=C(N)N)C(=O)O. The predicted molar refractivity (Wildman–Crippen MR) is 137 cm³/mol. The van der Waals surface area contributed by atoms with Gasteiger partial charge < -0.3 is 49.0 Å². The molecule has 16 heteroatoms. The smallest absolute Gasteiger partial charge is 0.326 e. The highest BCUT2D eigenvalue weighted by molar-refractivity contribution is 5.94. The fraction of sp³-hybridized carbons (Fsp3) is 0.591. The van der Waals surface area contributed by atoms with Crippen LogP contribution in [0.1, 0.15) is 45.2 Å². The second-order valence-electron chi connectivity index (χ2n) is 9.03. The number of imidazole rings is 1. The maximum atomic E-state index is 13.1. The van der Waals surface area contributed by atoms with Crippen molar-refractivity contribution >= 4 is 35.6 Å². The average molecular weight is 539 g/mol. The zero-order chi connectivity index (χ0) is 28.8. The van der Waals surface area contributed by atoms with E-state index in [1.54, 1.807) is 13.8 Å². The Hall–Kier alpha value is -4.21. The van der Waals surface area contributed by atoms with E-state index in [4.69, 9.17) is 22.9 Å². The highest BCUT2D eigenvalue weighted by Gasteiger charge is 2.32. The Kier molecular flexibility index (Phi) is 13.2. The number of nitrogens with two attached hydrogens (primary N) is 4. The van der Waals surface area contributed by atoms with Crippen LogP contribution in [0.25, 0.3) is 0 Å². The number of aliphatic imine (C=N–C) groups is 1. The van der Waals surface area contributed by atoms with Gasteiger partial charge in [0.2, 0.25) is 23.6 Å². The fourth-order valence-electron chi connectivity index (χ4n) is 3.34. The van der Waals surface area contributed by atoms with Crippen LogP contribution in [0.15, 0.2) is 17.5 Å². The van der Waals surface area contributed by atoms with Gasteiger partial charge in [0.1, 0.15) is 18.1 Å². The summed E-state index contributed by atoms with van der Waals surface area (Å²) in [7, 11) is 0. The van der Waals surface area contributed by atoms with Crippen molar-refractivity contribution in [3.63, 3.8) is 0 Å². The number of aromatic amines is 1. The van der Waals surface area contributed by atoms with Gasteiger partial charge in [0.25, 0.3) is 0 Å². The van der Waals surface area contributed by atoms with Crippen LogP contribution in [0.5, 0.6) is 0 Å². The van der Waals surface area contributed by atoms with Crippen LogP contribution in [-0.4, -0.2) is 81.3 Å². The molecule has 4 atom stereocenters.